The van der Waals surface area contributed by atoms with Crippen LogP contribution in [0.2, 0.25) is 0 Å². The van der Waals surface area contributed by atoms with Crippen molar-refractivity contribution in [3.05, 3.63) is 71.8 Å². The van der Waals surface area contributed by atoms with Crippen molar-refractivity contribution < 1.29 is 129 Å². The molecule has 2 aromatic rings. The molecule has 3 amide bonds. The summed E-state index contributed by atoms with van der Waals surface area (Å²) >= 11 is 2.15. The van der Waals surface area contributed by atoms with Crippen LogP contribution in [-0.4, -0.2) is 207 Å². The largest absolute Gasteiger partial charge is 0.480 e. The van der Waals surface area contributed by atoms with E-state index in [1.165, 1.54) is 14.2 Å². The Balaban J connectivity index is -0.000000587. The predicted molar refractivity (Wildman–Crippen MR) is 370 cm³/mol. The Labute approximate surface area is 605 Å². The second-order valence-electron chi connectivity index (χ2n) is 25.6. The topological polar surface area (TPSA) is 469 Å². The van der Waals surface area contributed by atoms with E-state index in [4.69, 9.17) is 83.5 Å². The molecule has 4 rings (SSSR count). The van der Waals surface area contributed by atoms with Crippen LogP contribution in [-0.2, 0) is 118 Å². The van der Waals surface area contributed by atoms with Gasteiger partial charge in [-0.25, -0.2) is 24.0 Å². The van der Waals surface area contributed by atoms with Crippen LogP contribution >= 0.6 is 22.6 Å². The van der Waals surface area contributed by atoms with Gasteiger partial charge in [-0.2, -0.15) is 19.2 Å². The Morgan fingerprint density at radius 1 is 0.584 bits per heavy atom. The fraction of sp³-hybridized carbons (Fsp3) is 0.647. The molecule has 2 heterocycles. The number of carbonyl (C=O) groups is 10. The SMILES string of the molecule is CC(CO)C(=O)OC(C)(C)C.CC(COCC(NC(=O)OCc1ccccc1)C(=O)OC(C)(C)C)NC(=O)OC(C)(C)C.CC(N)COCC(NC(=O)OCc1ccccc1)C(=O)O.CC1COCC(N)C(=O)C1.COC(=O)C(C)CI.COC(=O)C1COCC(C)C(=O)C1.O=C=O.O=C=O. The number of aliphatic carboxylic acids is 1. The molecular formula is C68H108IN5O27. The quantitative estimate of drug-likeness (QED) is 0.0324. The van der Waals surface area contributed by atoms with Crippen LogP contribution in [0, 0.1) is 29.6 Å². The fourth-order valence-electron chi connectivity index (χ4n) is 6.90. The normalized spacial score (nSPS) is 17.1. The summed E-state index contributed by atoms with van der Waals surface area (Å²) in [4.78, 5) is 147. The van der Waals surface area contributed by atoms with E-state index in [2.05, 4.69) is 48.0 Å². The molecule has 0 spiro atoms. The Morgan fingerprint density at radius 2 is 1.03 bits per heavy atom. The number of carbonyl (C=O) groups excluding carboxylic acids is 13. The van der Waals surface area contributed by atoms with Crippen LogP contribution in [0.15, 0.2) is 60.7 Å². The highest BCUT2D eigenvalue weighted by molar-refractivity contribution is 14.1. The third-order valence-electron chi connectivity index (χ3n) is 11.9. The van der Waals surface area contributed by atoms with Crippen molar-refractivity contribution >= 4 is 94.6 Å². The zero-order valence-electron chi connectivity index (χ0n) is 61.1. The number of nitrogens with one attached hydrogen (secondary N) is 3. The number of hydrogen-bond acceptors (Lipinski definition) is 28. The van der Waals surface area contributed by atoms with Crippen molar-refractivity contribution in [3.8, 4) is 0 Å². The molecule has 2 aliphatic heterocycles. The third kappa shape index (κ3) is 58.5. The van der Waals surface area contributed by atoms with Gasteiger partial charge in [-0.1, -0.05) is 104 Å². The maximum Gasteiger partial charge on any atom is 0.408 e. The molecule has 10 atom stereocenters. The molecule has 2 fully saturated rings. The molecule has 32 nitrogen and oxygen atoms in total. The number of ketones is 2. The van der Waals surface area contributed by atoms with E-state index in [9.17, 15) is 47.9 Å². The number of nitrogens with two attached hydrogens (primary N) is 2. The second-order valence-corrected chi connectivity index (χ2v) is 26.5. The van der Waals surface area contributed by atoms with E-state index in [1.54, 1.807) is 95.2 Å². The van der Waals surface area contributed by atoms with Gasteiger partial charge in [0.25, 0.3) is 0 Å². The number of aliphatic hydroxyl groups is 1. The lowest BCUT2D eigenvalue weighted by Gasteiger charge is -2.25. The van der Waals surface area contributed by atoms with Crippen LogP contribution in [0.1, 0.15) is 128 Å². The number of rotatable bonds is 22. The van der Waals surface area contributed by atoms with Gasteiger partial charge < -0.3 is 89.7 Å². The molecule has 2 aliphatic rings. The fourth-order valence-corrected chi connectivity index (χ4v) is 7.26. The minimum absolute atomic E-state index is 0.0422. The number of halogens is 1. The first-order chi connectivity index (χ1) is 47.0. The molecule has 0 bridgehead atoms. The van der Waals surface area contributed by atoms with Crippen LogP contribution in [0.25, 0.3) is 0 Å². The molecule has 10 unspecified atom stereocenters. The first-order valence-corrected chi connectivity index (χ1v) is 33.3. The highest BCUT2D eigenvalue weighted by Gasteiger charge is 2.31. The number of alkyl carbamates (subject to hydrolysis) is 3. The number of carboxylic acid groups (broad SMARTS) is 1. The highest BCUT2D eigenvalue weighted by Crippen LogP contribution is 2.17. The van der Waals surface area contributed by atoms with Gasteiger partial charge in [0, 0.05) is 35.8 Å². The van der Waals surface area contributed by atoms with Crippen molar-refractivity contribution in [1.82, 2.24) is 16.0 Å². The molecule has 2 saturated heterocycles. The summed E-state index contributed by atoms with van der Waals surface area (Å²) in [7, 11) is 2.73. The van der Waals surface area contributed by atoms with Crippen molar-refractivity contribution in [2.45, 2.75) is 177 Å². The molecule has 101 heavy (non-hydrogen) atoms. The number of amides is 3. The smallest absolute Gasteiger partial charge is 0.408 e. The molecule has 0 radical (unpaired) electrons. The molecule has 0 saturated carbocycles. The Morgan fingerprint density at radius 3 is 1.45 bits per heavy atom. The van der Waals surface area contributed by atoms with Crippen LogP contribution < -0.4 is 27.4 Å². The average Bonchev–Trinajstić information content (AvgIpc) is 1.75. The number of Topliss-reactive ketones (excluding diaryl/α,β-unsaturated/α-hetero) is 2. The van der Waals surface area contributed by atoms with Crippen molar-refractivity contribution in [2.75, 3.05) is 78.1 Å². The number of ether oxygens (including phenoxy) is 11. The van der Waals surface area contributed by atoms with Crippen LogP contribution in [0.5, 0.6) is 0 Å². The van der Waals surface area contributed by atoms with Gasteiger partial charge in [0.1, 0.15) is 35.8 Å². The van der Waals surface area contributed by atoms with Crippen molar-refractivity contribution in [2.24, 2.45) is 41.1 Å². The maximum absolute atomic E-state index is 12.5. The molecule has 2 aromatic carbocycles. The van der Waals surface area contributed by atoms with E-state index >= 15 is 0 Å². The number of methoxy groups -OCH3 is 2. The zero-order valence-corrected chi connectivity index (χ0v) is 63.2. The lowest BCUT2D eigenvalue weighted by molar-refractivity contribution is -0.193. The predicted octanol–water partition coefficient (Wildman–Crippen LogP) is 5.64. The van der Waals surface area contributed by atoms with Gasteiger partial charge in [0.15, 0.2) is 17.9 Å². The number of hydrogen-bond donors (Lipinski definition) is 7. The van der Waals surface area contributed by atoms with E-state index in [0.717, 1.165) is 15.6 Å². The van der Waals surface area contributed by atoms with Crippen LogP contribution in [0.3, 0.4) is 0 Å². The first-order valence-electron chi connectivity index (χ1n) is 31.8. The number of carboxylic acids is 1. The average molecular weight is 1550 g/mol. The number of alkyl halides is 1. The molecule has 9 N–H and O–H groups in total. The third-order valence-corrected chi connectivity index (χ3v) is 13.2. The van der Waals surface area contributed by atoms with Crippen LogP contribution in [0.4, 0.5) is 14.4 Å². The summed E-state index contributed by atoms with van der Waals surface area (Å²) in [6, 6.07) is 15.0. The molecule has 33 heteroatoms. The van der Waals surface area contributed by atoms with E-state index in [1.807, 2.05) is 69.3 Å². The Bertz CT molecular complexity index is 2750. The summed E-state index contributed by atoms with van der Waals surface area (Å²) in [5, 5.41) is 25.0. The summed E-state index contributed by atoms with van der Waals surface area (Å²) in [6.45, 7) is 28.3. The second kappa shape index (κ2) is 56.8. The summed E-state index contributed by atoms with van der Waals surface area (Å²) in [5.41, 5.74) is 10.8. The van der Waals surface area contributed by atoms with Gasteiger partial charge in [0.2, 0.25) is 0 Å². The monoisotopic (exact) mass is 1550 g/mol. The standard InChI is InChI=1S/C23H36N2O7.C14H20N2O5.C9H14O4.C8H16O3.C7H13NO2.C5H9IO2.2CO2/c1-16(24-21(28)32-23(5,6)7)13-29-15-18(19(26)31-22(2,3)4)25-20(27)30-14-17-11-9-8-10-12-17;1-10(15)7-20-9-12(13(17)18)16-14(19)21-8-11-5-3-2-4-6-11;1-6-4-13-5-7(3-8(6)10)9(11)12-2;1-6(5-9)7(10)11-8(2,3)4;1-5-2-7(9)6(8)4-10-3-5;1-4(3-6)5(7)8-2;2*2-1-3/h8-12,16,18H,13-15H2,1-7H3,(H,24,28)(H,25,27);2-6,10,12H,7-9,15H2,1H3,(H,16,19)(H,17,18);6-7H,3-5H2,1-2H3;6,9H,5H2,1-4H3;5-6H,2-4,8H2,1H3;4H,3H2,1-2H3;;. The van der Waals surface area contributed by atoms with E-state index < -0.39 is 70.9 Å². The molecule has 0 aliphatic carbocycles. The lowest BCUT2D eigenvalue weighted by atomic mass is 9.98. The Hall–Kier alpha value is -7.85. The van der Waals surface area contributed by atoms with Gasteiger partial charge in [0.05, 0.1) is 96.9 Å². The van der Waals surface area contributed by atoms with E-state index in [0.29, 0.717) is 38.8 Å². The van der Waals surface area contributed by atoms with Gasteiger partial charge in [-0.3, -0.25) is 24.0 Å². The Kier molecular flexibility index (Phi) is 55.9. The maximum atomic E-state index is 12.5. The minimum Gasteiger partial charge on any atom is -0.480 e. The van der Waals surface area contributed by atoms with Crippen molar-refractivity contribution in [3.63, 3.8) is 0 Å². The molecule has 0 aromatic heterocycles. The molecule has 574 valence electrons. The summed E-state index contributed by atoms with van der Waals surface area (Å²) in [5.74, 6) is -3.04. The highest BCUT2D eigenvalue weighted by atomic mass is 127. The zero-order chi connectivity index (χ0) is 78.5. The number of aliphatic hydroxyl groups excluding tert-OH is 1. The van der Waals surface area contributed by atoms with Gasteiger partial charge >= 0.3 is 60.4 Å². The lowest BCUT2D eigenvalue weighted by Crippen LogP contribution is -2.48. The number of esters is 4. The van der Waals surface area contributed by atoms with Crippen molar-refractivity contribution in [1.29, 1.82) is 0 Å². The summed E-state index contributed by atoms with van der Waals surface area (Å²) in [6.07, 6.45) is -0.835. The van der Waals surface area contributed by atoms with Gasteiger partial charge in [-0.05, 0) is 100 Å². The molecular weight excluding hydrogens is 1450 g/mol. The van der Waals surface area contributed by atoms with E-state index in [-0.39, 0.29) is 124 Å². The van der Waals surface area contributed by atoms with Gasteiger partial charge in [-0.15, -0.1) is 0 Å². The first kappa shape index (κ1) is 99.5. The number of benzene rings is 2. The minimum atomic E-state index is -1.20. The summed E-state index contributed by atoms with van der Waals surface area (Å²) < 4.78 is 56.5.